The summed E-state index contributed by atoms with van der Waals surface area (Å²) in [5, 5.41) is 4.55. The van der Waals surface area contributed by atoms with E-state index in [0.29, 0.717) is 12.1 Å². The number of Topliss-reactive ketones (excluding diaryl/α,β-unsaturated/α-hetero) is 1. The molecule has 0 saturated carbocycles. The minimum Gasteiger partial charge on any atom is -0.295 e. The van der Waals surface area contributed by atoms with Crippen molar-refractivity contribution >= 4 is 25.4 Å². The Morgan fingerprint density at radius 1 is 1.22 bits per heavy atom. The molecule has 0 aromatic heterocycles. The molecule has 1 aromatic carbocycles. The number of hydrogen-bond donors (Lipinski definition) is 0. The molecule has 0 spiro atoms. The fourth-order valence-electron chi connectivity index (χ4n) is 1.63. The van der Waals surface area contributed by atoms with Gasteiger partial charge in [0.05, 0.1) is 5.71 Å². The van der Waals surface area contributed by atoms with E-state index in [2.05, 4.69) is 24.7 Å². The average Bonchev–Trinajstić information content (AvgIpc) is 2.34. The fourth-order valence-corrected chi connectivity index (χ4v) is 3.00. The summed E-state index contributed by atoms with van der Waals surface area (Å²) in [5.74, 6) is 0.106. The van der Waals surface area contributed by atoms with Crippen LogP contribution in [0.2, 0.25) is 19.6 Å². The molecule has 0 heterocycles. The molecule has 3 nitrogen and oxygen atoms in total. The molecule has 1 rings (SSSR count). The van der Waals surface area contributed by atoms with E-state index in [1.807, 2.05) is 41.9 Å². The van der Waals surface area contributed by atoms with Crippen molar-refractivity contribution in [3.05, 3.63) is 30.3 Å². The predicted molar refractivity (Wildman–Crippen MR) is 80.7 cm³/mol. The summed E-state index contributed by atoms with van der Waals surface area (Å²) in [5.41, 5.74) is 1.64. The molecular weight excluding hydrogens is 240 g/mol. The van der Waals surface area contributed by atoms with Gasteiger partial charge >= 0.3 is 0 Å². The summed E-state index contributed by atoms with van der Waals surface area (Å²) in [4.78, 5) is 11.7. The van der Waals surface area contributed by atoms with E-state index in [9.17, 15) is 4.79 Å². The summed E-state index contributed by atoms with van der Waals surface area (Å²) >= 11 is 0. The number of para-hydroxylation sites is 1. The molecule has 0 saturated heterocycles. The number of hydrogen-bond acceptors (Lipinski definition) is 3. The third-order valence-corrected chi connectivity index (χ3v) is 4.24. The number of benzene rings is 1. The van der Waals surface area contributed by atoms with Crippen molar-refractivity contribution < 1.29 is 4.79 Å². The molecule has 0 aliphatic carbocycles. The van der Waals surface area contributed by atoms with Crippen molar-refractivity contribution in [1.29, 1.82) is 0 Å². The summed E-state index contributed by atoms with van der Waals surface area (Å²) < 4.78 is 2.04. The molecule has 0 unspecified atom stereocenters. The fraction of sp³-hybridized carbons (Fsp3) is 0.429. The van der Waals surface area contributed by atoms with Gasteiger partial charge in [0, 0.05) is 12.1 Å². The summed E-state index contributed by atoms with van der Waals surface area (Å²) in [6.07, 6.45) is 0.504. The van der Waals surface area contributed by atoms with Gasteiger partial charge in [-0.3, -0.25) is 9.47 Å². The van der Waals surface area contributed by atoms with Crippen LogP contribution in [0.15, 0.2) is 35.4 Å². The molecule has 0 N–H and O–H groups in total. The topological polar surface area (TPSA) is 32.7 Å². The van der Waals surface area contributed by atoms with Gasteiger partial charge in [-0.2, -0.15) is 5.10 Å². The number of hydrazone groups is 1. The van der Waals surface area contributed by atoms with Crippen LogP contribution in [0, 0.1) is 0 Å². The van der Waals surface area contributed by atoms with Crippen molar-refractivity contribution in [3.8, 4) is 0 Å². The quantitative estimate of drug-likeness (QED) is 0.460. The Morgan fingerprint density at radius 2 is 1.78 bits per heavy atom. The zero-order valence-electron chi connectivity index (χ0n) is 11.9. The highest BCUT2D eigenvalue weighted by atomic mass is 28.3. The lowest BCUT2D eigenvalue weighted by Crippen LogP contribution is -2.43. The molecule has 0 aliphatic heterocycles. The molecule has 0 amide bonds. The Balaban J connectivity index is 3.13. The van der Waals surface area contributed by atoms with Gasteiger partial charge in [0.1, 0.15) is 0 Å². The van der Waals surface area contributed by atoms with Crippen molar-refractivity contribution in [2.75, 3.05) is 4.67 Å². The third-order valence-electron chi connectivity index (χ3n) is 2.61. The van der Waals surface area contributed by atoms with Crippen LogP contribution in [0.3, 0.4) is 0 Å². The van der Waals surface area contributed by atoms with Gasteiger partial charge in [-0.1, -0.05) is 25.1 Å². The van der Waals surface area contributed by atoms with Crippen LogP contribution in [0.4, 0.5) is 5.69 Å². The molecule has 0 radical (unpaired) electrons. The zero-order chi connectivity index (χ0) is 13.8. The van der Waals surface area contributed by atoms with E-state index < -0.39 is 8.24 Å². The van der Waals surface area contributed by atoms with Crippen LogP contribution in [-0.2, 0) is 4.79 Å². The van der Waals surface area contributed by atoms with Crippen LogP contribution < -0.4 is 4.67 Å². The number of ketones is 1. The number of nitrogens with zero attached hydrogens (tertiary/aromatic N) is 2. The van der Waals surface area contributed by atoms with E-state index in [1.54, 1.807) is 6.92 Å². The third kappa shape index (κ3) is 3.80. The van der Waals surface area contributed by atoms with Gasteiger partial charge in [-0.25, -0.2) is 0 Å². The predicted octanol–water partition coefficient (Wildman–Crippen LogP) is 3.68. The van der Waals surface area contributed by atoms with Crippen molar-refractivity contribution in [2.24, 2.45) is 5.10 Å². The first-order valence-corrected chi connectivity index (χ1v) is 9.74. The van der Waals surface area contributed by atoms with Crippen molar-refractivity contribution in [2.45, 2.75) is 39.9 Å². The Kier molecular flexibility index (Phi) is 4.84. The number of carbonyl (C=O) groups excluding carboxylic acids is 1. The summed E-state index contributed by atoms with van der Waals surface area (Å²) in [6.45, 7) is 10.3. The van der Waals surface area contributed by atoms with Gasteiger partial charge in [0.2, 0.25) is 0 Å². The molecule has 4 heteroatoms. The molecule has 0 bridgehead atoms. The van der Waals surface area contributed by atoms with Crippen molar-refractivity contribution in [3.63, 3.8) is 0 Å². The van der Waals surface area contributed by atoms with E-state index in [-0.39, 0.29) is 5.78 Å². The first kappa shape index (κ1) is 14.6. The Morgan fingerprint density at radius 3 is 2.22 bits per heavy atom. The minimum atomic E-state index is -1.66. The maximum atomic E-state index is 11.7. The average molecular weight is 262 g/mol. The van der Waals surface area contributed by atoms with Crippen LogP contribution in [0.5, 0.6) is 0 Å². The Labute approximate surface area is 111 Å². The first-order valence-electron chi connectivity index (χ1n) is 6.30. The number of rotatable bonds is 5. The monoisotopic (exact) mass is 262 g/mol. The molecule has 0 fully saturated rings. The SMILES string of the molecule is CCC(=O)C(C)=NN(c1ccccc1)[Si](C)(C)C. The van der Waals surface area contributed by atoms with Gasteiger partial charge < -0.3 is 0 Å². The molecule has 0 atom stereocenters. The van der Waals surface area contributed by atoms with E-state index in [0.717, 1.165) is 5.69 Å². The molecule has 98 valence electrons. The Bertz CT molecular complexity index is 435. The highest BCUT2D eigenvalue weighted by molar-refractivity contribution is 6.79. The second kappa shape index (κ2) is 5.95. The lowest BCUT2D eigenvalue weighted by molar-refractivity contribution is -0.112. The largest absolute Gasteiger partial charge is 0.295 e. The Hall–Kier alpha value is -1.42. The second-order valence-corrected chi connectivity index (χ2v) is 10.0. The van der Waals surface area contributed by atoms with Gasteiger partial charge in [-0.05, 0) is 38.7 Å². The zero-order valence-corrected chi connectivity index (χ0v) is 12.9. The minimum absolute atomic E-state index is 0.106. The lowest BCUT2D eigenvalue weighted by atomic mass is 10.2. The molecular formula is C14H22N2OSi. The van der Waals surface area contributed by atoms with Gasteiger partial charge in [-0.15, -0.1) is 0 Å². The first-order chi connectivity index (χ1) is 8.36. The van der Waals surface area contributed by atoms with Gasteiger partial charge in [0.15, 0.2) is 14.0 Å². The number of anilines is 1. The van der Waals surface area contributed by atoms with E-state index >= 15 is 0 Å². The van der Waals surface area contributed by atoms with Gasteiger partial charge in [0.25, 0.3) is 0 Å². The van der Waals surface area contributed by atoms with Crippen LogP contribution >= 0.6 is 0 Å². The van der Waals surface area contributed by atoms with Crippen LogP contribution in [-0.4, -0.2) is 19.7 Å². The summed E-state index contributed by atoms with van der Waals surface area (Å²) in [6, 6.07) is 10.0. The summed E-state index contributed by atoms with van der Waals surface area (Å²) in [7, 11) is -1.66. The highest BCUT2D eigenvalue weighted by Crippen LogP contribution is 2.21. The van der Waals surface area contributed by atoms with Crippen LogP contribution in [0.25, 0.3) is 0 Å². The highest BCUT2D eigenvalue weighted by Gasteiger charge is 2.25. The lowest BCUT2D eigenvalue weighted by Gasteiger charge is -2.32. The van der Waals surface area contributed by atoms with Crippen molar-refractivity contribution in [1.82, 2.24) is 0 Å². The molecule has 18 heavy (non-hydrogen) atoms. The second-order valence-electron chi connectivity index (χ2n) is 5.28. The maximum absolute atomic E-state index is 11.7. The smallest absolute Gasteiger partial charge is 0.178 e. The number of carbonyl (C=O) groups is 1. The van der Waals surface area contributed by atoms with E-state index in [4.69, 9.17) is 0 Å². The normalized spacial score (nSPS) is 12.4. The standard InChI is InChI=1S/C14H22N2OSi/c1-6-14(17)12(2)15-16(18(3,4)5)13-10-8-7-9-11-13/h7-11H,6H2,1-5H3. The van der Waals surface area contributed by atoms with Crippen LogP contribution in [0.1, 0.15) is 20.3 Å². The molecule has 0 aliphatic rings. The molecule has 1 aromatic rings. The van der Waals surface area contributed by atoms with E-state index in [1.165, 1.54) is 0 Å². The maximum Gasteiger partial charge on any atom is 0.178 e.